The highest BCUT2D eigenvalue weighted by atomic mass is 16.5. The summed E-state index contributed by atoms with van der Waals surface area (Å²) in [6, 6.07) is 7.16. The summed E-state index contributed by atoms with van der Waals surface area (Å²) in [5, 5.41) is 9.51. The summed E-state index contributed by atoms with van der Waals surface area (Å²) in [5.41, 5.74) is 0.637. The van der Waals surface area contributed by atoms with E-state index in [0.29, 0.717) is 5.41 Å². The number of hydrogen-bond donors (Lipinski definition) is 1. The van der Waals surface area contributed by atoms with Crippen molar-refractivity contribution in [1.82, 2.24) is 0 Å². The van der Waals surface area contributed by atoms with Crippen LogP contribution in [0.2, 0.25) is 0 Å². The third-order valence-corrected chi connectivity index (χ3v) is 5.81. The van der Waals surface area contributed by atoms with E-state index in [1.165, 1.54) is 12.8 Å². The molecule has 18 heavy (non-hydrogen) atoms. The van der Waals surface area contributed by atoms with Gasteiger partial charge in [-0.1, -0.05) is 26.8 Å². The first-order valence-corrected chi connectivity index (χ1v) is 6.89. The van der Waals surface area contributed by atoms with E-state index < -0.39 is 0 Å². The number of aromatic hydroxyl groups is 1. The predicted molar refractivity (Wildman–Crippen MR) is 71.8 cm³/mol. The molecule has 0 amide bonds. The van der Waals surface area contributed by atoms with Crippen LogP contribution in [0.1, 0.15) is 40.0 Å². The first-order valence-electron chi connectivity index (χ1n) is 6.89. The van der Waals surface area contributed by atoms with Gasteiger partial charge in [-0.25, -0.2) is 0 Å². The van der Waals surface area contributed by atoms with Crippen LogP contribution in [0.15, 0.2) is 24.3 Å². The van der Waals surface area contributed by atoms with Crippen LogP contribution in [0, 0.1) is 16.7 Å². The van der Waals surface area contributed by atoms with Crippen LogP contribution in [-0.4, -0.2) is 11.2 Å². The maximum Gasteiger partial charge on any atom is 0.123 e. The van der Waals surface area contributed by atoms with Crippen molar-refractivity contribution in [3.8, 4) is 11.5 Å². The van der Waals surface area contributed by atoms with Crippen LogP contribution in [0.5, 0.6) is 11.5 Å². The molecule has 1 aromatic carbocycles. The van der Waals surface area contributed by atoms with E-state index in [0.717, 1.165) is 18.1 Å². The van der Waals surface area contributed by atoms with Crippen molar-refractivity contribution >= 4 is 0 Å². The van der Waals surface area contributed by atoms with Gasteiger partial charge in [0.05, 0.1) is 0 Å². The third-order valence-electron chi connectivity index (χ3n) is 5.81. The van der Waals surface area contributed by atoms with E-state index in [1.54, 1.807) is 12.1 Å². The van der Waals surface area contributed by atoms with Crippen molar-refractivity contribution in [3.05, 3.63) is 24.3 Å². The molecule has 98 valence electrons. The van der Waals surface area contributed by atoms with Crippen LogP contribution in [0.25, 0.3) is 0 Å². The fraction of sp³-hybridized carbons (Fsp3) is 0.625. The average molecular weight is 246 g/mol. The molecular formula is C16H22O2. The molecule has 0 radical (unpaired) electrons. The summed E-state index contributed by atoms with van der Waals surface area (Å²) >= 11 is 0. The maximum atomic E-state index is 9.51. The normalized spacial score (nSPS) is 36.8. The summed E-state index contributed by atoms with van der Waals surface area (Å²) in [5.74, 6) is 1.86. The average Bonchev–Trinajstić information content (AvgIpc) is 2.62. The molecule has 3 rings (SSSR count). The number of benzene rings is 1. The smallest absolute Gasteiger partial charge is 0.123 e. The van der Waals surface area contributed by atoms with E-state index in [4.69, 9.17) is 4.74 Å². The molecule has 2 heteroatoms. The molecule has 0 heterocycles. The Balaban J connectivity index is 1.84. The Bertz CT molecular complexity index is 466. The van der Waals surface area contributed by atoms with Gasteiger partial charge in [0, 0.05) is 11.5 Å². The van der Waals surface area contributed by atoms with Crippen molar-refractivity contribution in [3.63, 3.8) is 0 Å². The Labute approximate surface area is 109 Å². The summed E-state index contributed by atoms with van der Waals surface area (Å²) in [6.45, 7) is 7.14. The fourth-order valence-electron chi connectivity index (χ4n) is 4.03. The van der Waals surface area contributed by atoms with Gasteiger partial charge < -0.3 is 9.84 Å². The maximum absolute atomic E-state index is 9.51. The van der Waals surface area contributed by atoms with Gasteiger partial charge in [-0.15, -0.1) is 0 Å². The second-order valence-corrected chi connectivity index (χ2v) is 6.71. The van der Waals surface area contributed by atoms with Crippen LogP contribution in [-0.2, 0) is 0 Å². The van der Waals surface area contributed by atoms with Crippen LogP contribution in [0.3, 0.4) is 0 Å². The van der Waals surface area contributed by atoms with Gasteiger partial charge >= 0.3 is 0 Å². The van der Waals surface area contributed by atoms with Gasteiger partial charge in [-0.05, 0) is 42.7 Å². The lowest BCUT2D eigenvalue weighted by Gasteiger charge is -2.38. The van der Waals surface area contributed by atoms with Crippen molar-refractivity contribution in [2.24, 2.45) is 16.7 Å². The lowest BCUT2D eigenvalue weighted by Crippen LogP contribution is -2.38. The molecule has 0 spiro atoms. The molecule has 0 aromatic heterocycles. The predicted octanol–water partition coefficient (Wildman–Crippen LogP) is 3.99. The lowest BCUT2D eigenvalue weighted by molar-refractivity contribution is 0.0300. The molecule has 2 saturated carbocycles. The van der Waals surface area contributed by atoms with E-state index in [1.807, 2.05) is 12.1 Å². The van der Waals surface area contributed by atoms with Crippen LogP contribution < -0.4 is 4.74 Å². The highest BCUT2D eigenvalue weighted by Gasteiger charge is 2.62. The first kappa shape index (κ1) is 11.9. The number of phenolic OH excluding ortho intramolecular Hbond substituents is 1. The fourth-order valence-corrected chi connectivity index (χ4v) is 4.03. The molecule has 2 bridgehead atoms. The molecule has 2 nitrogen and oxygen atoms in total. The van der Waals surface area contributed by atoms with Gasteiger partial charge in [0.1, 0.15) is 17.6 Å². The molecule has 0 aliphatic heterocycles. The van der Waals surface area contributed by atoms with Gasteiger partial charge in [0.15, 0.2) is 0 Å². The Morgan fingerprint density at radius 1 is 1.28 bits per heavy atom. The molecule has 3 atom stereocenters. The Kier molecular flexibility index (Phi) is 2.42. The first-order chi connectivity index (χ1) is 8.43. The molecule has 2 aliphatic carbocycles. The standard InChI is InChI=1S/C16H22O2/c1-15(2)11-7-8-16(15,3)14(9-11)18-13-6-4-5-12(17)10-13/h4-6,10-11,14,17H,7-9H2,1-3H3/t11-,14-,16+/m1/s1. The minimum atomic E-state index is 0.267. The number of phenols is 1. The minimum Gasteiger partial charge on any atom is -0.508 e. The van der Waals surface area contributed by atoms with E-state index in [2.05, 4.69) is 20.8 Å². The van der Waals surface area contributed by atoms with Gasteiger partial charge in [0.2, 0.25) is 0 Å². The van der Waals surface area contributed by atoms with Crippen LogP contribution in [0.4, 0.5) is 0 Å². The SMILES string of the molecule is CC1(C)[C@@H]2CC[C@@]1(C)[C@H](Oc1cccc(O)c1)C2. The van der Waals surface area contributed by atoms with Crippen molar-refractivity contribution in [2.45, 2.75) is 46.1 Å². The molecule has 0 unspecified atom stereocenters. The zero-order valence-electron chi connectivity index (χ0n) is 11.4. The number of ether oxygens (including phenoxy) is 1. The molecule has 1 aromatic rings. The quantitative estimate of drug-likeness (QED) is 0.855. The lowest BCUT2D eigenvalue weighted by atomic mass is 9.70. The molecule has 1 N–H and O–H groups in total. The van der Waals surface area contributed by atoms with Gasteiger partial charge in [-0.3, -0.25) is 0 Å². The van der Waals surface area contributed by atoms with Crippen molar-refractivity contribution in [1.29, 1.82) is 0 Å². The summed E-state index contributed by atoms with van der Waals surface area (Å²) in [7, 11) is 0. The minimum absolute atomic E-state index is 0.267. The van der Waals surface area contributed by atoms with Gasteiger partial charge in [-0.2, -0.15) is 0 Å². The monoisotopic (exact) mass is 246 g/mol. The summed E-state index contributed by atoms with van der Waals surface area (Å²) in [4.78, 5) is 0. The highest BCUT2D eigenvalue weighted by molar-refractivity contribution is 5.32. The van der Waals surface area contributed by atoms with E-state index >= 15 is 0 Å². The van der Waals surface area contributed by atoms with Gasteiger partial charge in [0.25, 0.3) is 0 Å². The molecule has 0 saturated heterocycles. The number of rotatable bonds is 2. The Morgan fingerprint density at radius 3 is 2.61 bits per heavy atom. The Hall–Kier alpha value is -1.18. The van der Waals surface area contributed by atoms with Crippen molar-refractivity contribution in [2.75, 3.05) is 0 Å². The molecule has 2 aliphatic rings. The second-order valence-electron chi connectivity index (χ2n) is 6.71. The molecule has 2 fully saturated rings. The zero-order valence-corrected chi connectivity index (χ0v) is 11.4. The molecular weight excluding hydrogens is 224 g/mol. The summed E-state index contributed by atoms with van der Waals surface area (Å²) in [6.07, 6.45) is 4.03. The van der Waals surface area contributed by atoms with Crippen molar-refractivity contribution < 1.29 is 9.84 Å². The number of fused-ring (bicyclic) bond motifs is 2. The largest absolute Gasteiger partial charge is 0.508 e. The number of hydrogen-bond acceptors (Lipinski definition) is 2. The third kappa shape index (κ3) is 1.47. The zero-order chi connectivity index (χ0) is 13.0. The van der Waals surface area contributed by atoms with E-state index in [9.17, 15) is 5.11 Å². The van der Waals surface area contributed by atoms with Crippen LogP contribution >= 0.6 is 0 Å². The van der Waals surface area contributed by atoms with E-state index in [-0.39, 0.29) is 17.3 Å². The highest BCUT2D eigenvalue weighted by Crippen LogP contribution is 2.66. The second kappa shape index (κ2) is 3.66. The summed E-state index contributed by atoms with van der Waals surface area (Å²) < 4.78 is 6.17. The Morgan fingerprint density at radius 2 is 2.06 bits per heavy atom. The topological polar surface area (TPSA) is 29.5 Å².